The van der Waals surface area contributed by atoms with Crippen LogP contribution in [0, 0.1) is 5.92 Å². The molecule has 168 valence electrons. The predicted octanol–water partition coefficient (Wildman–Crippen LogP) is 3.59. The van der Waals surface area contributed by atoms with Gasteiger partial charge in [0.1, 0.15) is 12.9 Å². The lowest BCUT2D eigenvalue weighted by Gasteiger charge is -2.23. The minimum atomic E-state index is -0.688. The molecule has 0 bridgehead atoms. The van der Waals surface area contributed by atoms with Crippen molar-refractivity contribution in [1.82, 2.24) is 14.7 Å². The van der Waals surface area contributed by atoms with E-state index in [0.717, 1.165) is 23.1 Å². The van der Waals surface area contributed by atoms with Gasteiger partial charge >= 0.3 is 11.5 Å². The highest BCUT2D eigenvalue weighted by molar-refractivity contribution is 6.03. The quantitative estimate of drug-likeness (QED) is 0.539. The molecule has 3 aromatic rings. The molecule has 1 N–H and O–H groups in total. The average Bonchev–Trinajstić information content (AvgIpc) is 2.83. The Morgan fingerprint density at radius 2 is 1.97 bits per heavy atom. The number of pyridine rings is 1. The van der Waals surface area contributed by atoms with Gasteiger partial charge < -0.3 is 14.9 Å². The van der Waals surface area contributed by atoms with Crippen LogP contribution in [0.3, 0.4) is 0 Å². The molecule has 32 heavy (non-hydrogen) atoms. The number of nitrogens with zero attached hydrogens (tertiary/aromatic N) is 3. The molecule has 0 spiro atoms. The molecule has 2 heterocycles. The third-order valence-corrected chi connectivity index (χ3v) is 5.78. The van der Waals surface area contributed by atoms with Gasteiger partial charge in [0.25, 0.3) is 0 Å². The number of aromatic nitrogens is 3. The second kappa shape index (κ2) is 10.3. The fourth-order valence-corrected chi connectivity index (χ4v) is 4.15. The predicted molar refractivity (Wildman–Crippen MR) is 122 cm³/mol. The van der Waals surface area contributed by atoms with Crippen molar-refractivity contribution < 1.29 is 14.4 Å². The molecule has 1 saturated carbocycles. The number of carbonyl (C=O) groups excluding carboxylic acids is 1. The molecule has 0 unspecified atom stereocenters. The monoisotopic (exact) mass is 436 g/mol. The SMILES string of the molecule is CCOC(=O)c1c(NCC2CCCCC2)c2cncnc2n(OCc2ccccc2)c1=O. The van der Waals surface area contributed by atoms with Gasteiger partial charge in [-0.25, -0.2) is 14.8 Å². The third kappa shape index (κ3) is 4.74. The molecule has 4 rings (SSSR count). The maximum absolute atomic E-state index is 13.4. The van der Waals surface area contributed by atoms with Gasteiger partial charge in [-0.1, -0.05) is 49.6 Å². The van der Waals surface area contributed by atoms with E-state index in [4.69, 9.17) is 9.57 Å². The Bertz CT molecular complexity index is 1120. The van der Waals surface area contributed by atoms with Crippen molar-refractivity contribution in [1.29, 1.82) is 0 Å². The maximum Gasteiger partial charge on any atom is 0.346 e. The maximum atomic E-state index is 13.4. The number of hydrogen-bond donors (Lipinski definition) is 1. The summed E-state index contributed by atoms with van der Waals surface area (Å²) in [6, 6.07) is 9.49. The summed E-state index contributed by atoms with van der Waals surface area (Å²) < 4.78 is 6.29. The molecule has 0 atom stereocenters. The summed E-state index contributed by atoms with van der Waals surface area (Å²) in [6.07, 6.45) is 8.89. The third-order valence-electron chi connectivity index (χ3n) is 5.78. The second-order valence-electron chi connectivity index (χ2n) is 7.97. The first-order valence-electron chi connectivity index (χ1n) is 11.2. The number of benzene rings is 1. The molecule has 0 amide bonds. The van der Waals surface area contributed by atoms with Gasteiger partial charge in [-0.15, -0.1) is 4.73 Å². The van der Waals surface area contributed by atoms with Gasteiger partial charge in [0.2, 0.25) is 0 Å². The van der Waals surface area contributed by atoms with Gasteiger partial charge in [-0.2, -0.15) is 0 Å². The molecule has 2 aromatic heterocycles. The van der Waals surface area contributed by atoms with Crippen molar-refractivity contribution in [3.8, 4) is 0 Å². The zero-order valence-corrected chi connectivity index (χ0v) is 18.3. The highest BCUT2D eigenvalue weighted by Crippen LogP contribution is 2.27. The van der Waals surface area contributed by atoms with Gasteiger partial charge in [-0.3, -0.25) is 4.79 Å². The van der Waals surface area contributed by atoms with E-state index in [0.29, 0.717) is 29.2 Å². The lowest BCUT2D eigenvalue weighted by Crippen LogP contribution is -2.34. The van der Waals surface area contributed by atoms with Crippen LogP contribution in [0.4, 0.5) is 5.69 Å². The van der Waals surface area contributed by atoms with Crippen LogP contribution in [0.2, 0.25) is 0 Å². The summed E-state index contributed by atoms with van der Waals surface area (Å²) in [5.74, 6) is -0.193. The number of hydrogen-bond acceptors (Lipinski definition) is 7. The van der Waals surface area contributed by atoms with Crippen LogP contribution in [0.25, 0.3) is 11.0 Å². The van der Waals surface area contributed by atoms with Gasteiger partial charge in [0, 0.05) is 12.7 Å². The number of ether oxygens (including phenoxy) is 1. The van der Waals surface area contributed by atoms with Crippen LogP contribution in [0.1, 0.15) is 54.9 Å². The smallest absolute Gasteiger partial charge is 0.346 e. The molecular weight excluding hydrogens is 408 g/mol. The number of fused-ring (bicyclic) bond motifs is 1. The summed E-state index contributed by atoms with van der Waals surface area (Å²) in [4.78, 5) is 40.5. The van der Waals surface area contributed by atoms with E-state index in [9.17, 15) is 9.59 Å². The molecular formula is C24H28N4O4. The zero-order valence-electron chi connectivity index (χ0n) is 18.3. The van der Waals surface area contributed by atoms with E-state index in [1.165, 1.54) is 25.6 Å². The van der Waals surface area contributed by atoms with Crippen molar-refractivity contribution in [3.05, 3.63) is 64.3 Å². The minimum absolute atomic E-state index is 0.0852. The van der Waals surface area contributed by atoms with Crippen molar-refractivity contribution in [3.63, 3.8) is 0 Å². The highest BCUT2D eigenvalue weighted by Gasteiger charge is 2.26. The Morgan fingerprint density at radius 3 is 2.72 bits per heavy atom. The van der Waals surface area contributed by atoms with Crippen molar-refractivity contribution in [2.75, 3.05) is 18.5 Å². The first-order valence-corrected chi connectivity index (χ1v) is 11.2. The summed E-state index contributed by atoms with van der Waals surface area (Å²) in [5, 5.41) is 3.90. The van der Waals surface area contributed by atoms with Crippen LogP contribution >= 0.6 is 0 Å². The number of anilines is 1. The van der Waals surface area contributed by atoms with Crippen LogP contribution in [-0.2, 0) is 11.3 Å². The van der Waals surface area contributed by atoms with Crippen molar-refractivity contribution in [2.24, 2.45) is 5.92 Å². The topological polar surface area (TPSA) is 95.3 Å². The minimum Gasteiger partial charge on any atom is -0.462 e. The van der Waals surface area contributed by atoms with Crippen LogP contribution in [0.15, 0.2) is 47.7 Å². The average molecular weight is 437 g/mol. The van der Waals surface area contributed by atoms with Gasteiger partial charge in [0.15, 0.2) is 11.2 Å². The molecule has 0 radical (unpaired) electrons. The molecule has 1 aliphatic rings. The van der Waals surface area contributed by atoms with Crippen LogP contribution < -0.4 is 15.7 Å². The molecule has 0 saturated heterocycles. The highest BCUT2D eigenvalue weighted by atomic mass is 16.7. The lowest BCUT2D eigenvalue weighted by molar-refractivity contribution is 0.0513. The summed E-state index contributed by atoms with van der Waals surface area (Å²) in [7, 11) is 0. The Morgan fingerprint density at radius 1 is 1.19 bits per heavy atom. The van der Waals surface area contributed by atoms with Crippen LogP contribution in [0.5, 0.6) is 0 Å². The van der Waals surface area contributed by atoms with Crippen molar-refractivity contribution in [2.45, 2.75) is 45.6 Å². The molecule has 1 aromatic carbocycles. The van der Waals surface area contributed by atoms with E-state index >= 15 is 0 Å². The molecule has 8 heteroatoms. The van der Waals surface area contributed by atoms with E-state index in [1.807, 2.05) is 30.3 Å². The summed E-state index contributed by atoms with van der Waals surface area (Å²) >= 11 is 0. The number of nitrogens with one attached hydrogen (secondary N) is 1. The molecule has 0 aliphatic heterocycles. The van der Waals surface area contributed by atoms with E-state index in [-0.39, 0.29) is 18.8 Å². The molecule has 8 nitrogen and oxygen atoms in total. The normalized spacial score (nSPS) is 14.3. The van der Waals surface area contributed by atoms with E-state index in [2.05, 4.69) is 15.3 Å². The van der Waals surface area contributed by atoms with Gasteiger partial charge in [0.05, 0.1) is 17.7 Å². The number of carbonyl (C=O) groups is 1. The first kappa shape index (κ1) is 21.8. The van der Waals surface area contributed by atoms with Gasteiger partial charge in [-0.05, 0) is 31.2 Å². The zero-order chi connectivity index (χ0) is 22.3. The van der Waals surface area contributed by atoms with Crippen molar-refractivity contribution >= 4 is 22.7 Å². The number of esters is 1. The van der Waals surface area contributed by atoms with E-state index < -0.39 is 11.5 Å². The Kier molecular flexibility index (Phi) is 6.99. The standard InChI is InChI=1S/C24H28N4O4/c1-2-31-24(30)20-21(26-13-17-9-5-3-6-10-17)19-14-25-16-27-22(19)28(23(20)29)32-15-18-11-7-4-8-12-18/h4,7-8,11-12,14,16-17,26H,2-3,5-6,9-10,13,15H2,1H3. The van der Waals surface area contributed by atoms with E-state index in [1.54, 1.807) is 13.1 Å². The fourth-order valence-electron chi connectivity index (χ4n) is 4.15. The lowest BCUT2D eigenvalue weighted by atomic mass is 9.89. The molecule has 1 fully saturated rings. The fraction of sp³-hybridized carbons (Fsp3) is 0.417. The molecule has 1 aliphatic carbocycles. The summed E-state index contributed by atoms with van der Waals surface area (Å²) in [5.41, 5.74) is 0.919. The summed E-state index contributed by atoms with van der Waals surface area (Å²) in [6.45, 7) is 2.69. The largest absolute Gasteiger partial charge is 0.462 e. The Balaban J connectivity index is 1.76. The Hall–Kier alpha value is -3.42. The number of rotatable bonds is 8. The second-order valence-corrected chi connectivity index (χ2v) is 7.97. The first-order chi connectivity index (χ1) is 15.7. The van der Waals surface area contributed by atoms with Crippen LogP contribution in [-0.4, -0.2) is 33.8 Å². The Labute approximate surface area is 186 Å².